The van der Waals surface area contributed by atoms with Crippen molar-refractivity contribution in [3.05, 3.63) is 11.8 Å². The number of aromatic nitrogens is 2. The first-order valence-electron chi connectivity index (χ1n) is 9.32. The highest BCUT2D eigenvalue weighted by molar-refractivity contribution is 7.98. The SMILES string of the molecule is CCCCN(C)c1nc(SC)ncc1CN[C@@H](C)CCCC(C)C. The van der Waals surface area contributed by atoms with Gasteiger partial charge in [-0.1, -0.05) is 51.8 Å². The van der Waals surface area contributed by atoms with Crippen LogP contribution in [0.15, 0.2) is 11.4 Å². The molecule has 1 heterocycles. The third kappa shape index (κ3) is 7.84. The molecule has 0 amide bonds. The summed E-state index contributed by atoms with van der Waals surface area (Å²) in [6.07, 6.45) is 10.2. The summed E-state index contributed by atoms with van der Waals surface area (Å²) in [6.45, 7) is 11.0. The van der Waals surface area contributed by atoms with E-state index < -0.39 is 0 Å². The van der Waals surface area contributed by atoms with Gasteiger partial charge in [0.1, 0.15) is 5.82 Å². The fraction of sp³-hybridized carbons (Fsp3) is 0.789. The molecule has 1 aromatic rings. The van der Waals surface area contributed by atoms with Gasteiger partial charge < -0.3 is 10.2 Å². The zero-order valence-electron chi connectivity index (χ0n) is 16.4. The maximum Gasteiger partial charge on any atom is 0.189 e. The molecule has 0 radical (unpaired) electrons. The Labute approximate surface area is 153 Å². The van der Waals surface area contributed by atoms with Gasteiger partial charge in [-0.25, -0.2) is 9.97 Å². The van der Waals surface area contributed by atoms with Crippen molar-refractivity contribution in [2.75, 3.05) is 24.7 Å². The number of rotatable bonds is 12. The first-order chi connectivity index (χ1) is 11.5. The van der Waals surface area contributed by atoms with E-state index in [1.54, 1.807) is 11.8 Å². The molecule has 0 aliphatic heterocycles. The van der Waals surface area contributed by atoms with Gasteiger partial charge in [0.2, 0.25) is 0 Å². The van der Waals surface area contributed by atoms with Crippen LogP contribution in [0, 0.1) is 5.92 Å². The lowest BCUT2D eigenvalue weighted by molar-refractivity contribution is 0.456. The molecule has 4 nitrogen and oxygen atoms in total. The van der Waals surface area contributed by atoms with E-state index >= 15 is 0 Å². The van der Waals surface area contributed by atoms with Crippen LogP contribution in [0.25, 0.3) is 0 Å². The van der Waals surface area contributed by atoms with Gasteiger partial charge in [0.05, 0.1) is 0 Å². The highest BCUT2D eigenvalue weighted by Gasteiger charge is 2.12. The zero-order chi connectivity index (χ0) is 17.9. The molecule has 0 fully saturated rings. The van der Waals surface area contributed by atoms with Crippen LogP contribution in [0.4, 0.5) is 5.82 Å². The van der Waals surface area contributed by atoms with Gasteiger partial charge in [-0.05, 0) is 31.9 Å². The lowest BCUT2D eigenvalue weighted by Gasteiger charge is -2.22. The van der Waals surface area contributed by atoms with E-state index in [-0.39, 0.29) is 0 Å². The molecule has 0 unspecified atom stereocenters. The summed E-state index contributed by atoms with van der Waals surface area (Å²) >= 11 is 1.60. The lowest BCUT2D eigenvalue weighted by atomic mass is 10.0. The first-order valence-corrected chi connectivity index (χ1v) is 10.5. The van der Waals surface area contributed by atoms with E-state index in [1.807, 2.05) is 12.5 Å². The Morgan fingerprint density at radius 3 is 2.58 bits per heavy atom. The van der Waals surface area contributed by atoms with E-state index in [0.29, 0.717) is 6.04 Å². The minimum atomic E-state index is 0.526. The molecule has 5 heteroatoms. The van der Waals surface area contributed by atoms with Crippen molar-refractivity contribution in [3.63, 3.8) is 0 Å². The number of thioether (sulfide) groups is 1. The Morgan fingerprint density at radius 2 is 1.96 bits per heavy atom. The zero-order valence-corrected chi connectivity index (χ0v) is 17.2. The van der Waals surface area contributed by atoms with Crippen LogP contribution in [0.5, 0.6) is 0 Å². The molecule has 1 N–H and O–H groups in total. The van der Waals surface area contributed by atoms with Crippen molar-refractivity contribution in [2.45, 2.75) is 77.5 Å². The Balaban J connectivity index is 2.65. The van der Waals surface area contributed by atoms with Gasteiger partial charge in [0.25, 0.3) is 0 Å². The molecule has 0 aliphatic rings. The highest BCUT2D eigenvalue weighted by atomic mass is 32.2. The summed E-state index contributed by atoms with van der Waals surface area (Å²) in [7, 11) is 2.14. The molecule has 138 valence electrons. The fourth-order valence-electron chi connectivity index (χ4n) is 2.66. The minimum absolute atomic E-state index is 0.526. The fourth-order valence-corrected chi connectivity index (χ4v) is 2.99. The molecule has 1 atom stereocenters. The quantitative estimate of drug-likeness (QED) is 0.435. The molecule has 1 aromatic heterocycles. The van der Waals surface area contributed by atoms with Crippen LogP contribution >= 0.6 is 11.8 Å². The molecule has 0 aromatic carbocycles. The van der Waals surface area contributed by atoms with Crippen molar-refractivity contribution >= 4 is 17.6 Å². The predicted molar refractivity (Wildman–Crippen MR) is 107 cm³/mol. The van der Waals surface area contributed by atoms with Crippen LogP contribution in [0.1, 0.15) is 65.4 Å². The molecule has 1 rings (SSSR count). The average molecular weight is 353 g/mol. The van der Waals surface area contributed by atoms with Gasteiger partial charge in [-0.3, -0.25) is 0 Å². The first kappa shape index (κ1) is 21.2. The number of nitrogens with zero attached hydrogens (tertiary/aromatic N) is 3. The van der Waals surface area contributed by atoms with E-state index in [1.165, 1.54) is 37.7 Å². The monoisotopic (exact) mass is 352 g/mol. The second-order valence-electron chi connectivity index (χ2n) is 7.09. The molecule has 24 heavy (non-hydrogen) atoms. The Kier molecular flexibility index (Phi) is 10.3. The van der Waals surface area contributed by atoms with E-state index in [4.69, 9.17) is 4.98 Å². The largest absolute Gasteiger partial charge is 0.359 e. The number of hydrogen-bond acceptors (Lipinski definition) is 5. The van der Waals surface area contributed by atoms with Crippen LogP contribution in [0.3, 0.4) is 0 Å². The van der Waals surface area contributed by atoms with Gasteiger partial charge in [-0.15, -0.1) is 0 Å². The van der Waals surface area contributed by atoms with E-state index in [9.17, 15) is 0 Å². The average Bonchev–Trinajstić information content (AvgIpc) is 2.57. The van der Waals surface area contributed by atoms with Crippen molar-refractivity contribution in [2.24, 2.45) is 5.92 Å². The third-order valence-corrected chi connectivity index (χ3v) is 4.83. The van der Waals surface area contributed by atoms with Crippen LogP contribution in [0.2, 0.25) is 0 Å². The molecule has 0 saturated heterocycles. The Bertz CT molecular complexity index is 465. The van der Waals surface area contributed by atoms with Crippen LogP contribution in [-0.4, -0.2) is 35.9 Å². The standard InChI is InChI=1S/C19H36N4S/c1-7-8-12-23(5)18-17(14-21-19(22-18)24-6)13-20-16(4)11-9-10-15(2)3/h14-16,20H,7-13H2,1-6H3/t16-/m0/s1. The Hall–Kier alpha value is -0.810. The second-order valence-corrected chi connectivity index (χ2v) is 7.86. The van der Waals surface area contributed by atoms with Crippen LogP contribution < -0.4 is 10.2 Å². The molecule has 0 bridgehead atoms. The summed E-state index contributed by atoms with van der Waals surface area (Å²) in [6, 6.07) is 0.526. The van der Waals surface area contributed by atoms with Gasteiger partial charge in [-0.2, -0.15) is 0 Å². The van der Waals surface area contributed by atoms with Crippen molar-refractivity contribution in [1.29, 1.82) is 0 Å². The second kappa shape index (κ2) is 11.7. The summed E-state index contributed by atoms with van der Waals surface area (Å²) in [5.41, 5.74) is 1.20. The van der Waals surface area contributed by atoms with Crippen LogP contribution in [-0.2, 0) is 6.54 Å². The summed E-state index contributed by atoms with van der Waals surface area (Å²) < 4.78 is 0. The lowest BCUT2D eigenvalue weighted by Crippen LogP contribution is -2.28. The van der Waals surface area contributed by atoms with Crippen molar-refractivity contribution in [3.8, 4) is 0 Å². The summed E-state index contributed by atoms with van der Waals surface area (Å²) in [5, 5.41) is 4.50. The van der Waals surface area contributed by atoms with Crippen molar-refractivity contribution < 1.29 is 0 Å². The number of anilines is 1. The summed E-state index contributed by atoms with van der Waals surface area (Å²) in [4.78, 5) is 11.5. The Morgan fingerprint density at radius 1 is 1.21 bits per heavy atom. The molecule has 0 saturated carbocycles. The van der Waals surface area contributed by atoms with Gasteiger partial charge in [0.15, 0.2) is 5.16 Å². The molecule has 0 spiro atoms. The number of nitrogens with one attached hydrogen (secondary N) is 1. The predicted octanol–water partition coefficient (Wildman–Crippen LogP) is 4.74. The van der Waals surface area contributed by atoms with Gasteiger partial charge >= 0.3 is 0 Å². The minimum Gasteiger partial charge on any atom is -0.359 e. The van der Waals surface area contributed by atoms with E-state index in [2.05, 4.69) is 49.9 Å². The highest BCUT2D eigenvalue weighted by Crippen LogP contribution is 2.20. The topological polar surface area (TPSA) is 41.1 Å². The van der Waals surface area contributed by atoms with Crippen molar-refractivity contribution in [1.82, 2.24) is 15.3 Å². The number of hydrogen-bond donors (Lipinski definition) is 1. The molecular weight excluding hydrogens is 316 g/mol. The van der Waals surface area contributed by atoms with Gasteiger partial charge in [0, 0.05) is 37.9 Å². The number of unbranched alkanes of at least 4 members (excludes halogenated alkanes) is 1. The van der Waals surface area contributed by atoms with E-state index in [0.717, 1.165) is 30.0 Å². The summed E-state index contributed by atoms with van der Waals surface area (Å²) in [5.74, 6) is 1.87. The molecule has 0 aliphatic carbocycles. The third-order valence-electron chi connectivity index (χ3n) is 4.27. The smallest absolute Gasteiger partial charge is 0.189 e. The molecular formula is C19H36N4S. The maximum absolute atomic E-state index is 4.75. The maximum atomic E-state index is 4.75. The normalized spacial score (nSPS) is 12.6.